The summed E-state index contributed by atoms with van der Waals surface area (Å²) in [5.74, 6) is -2.10. The summed E-state index contributed by atoms with van der Waals surface area (Å²) in [7, 11) is 0. The number of nitrogens with zero attached hydrogens (tertiary/aromatic N) is 1. The minimum absolute atomic E-state index is 0.0575. The first-order chi connectivity index (χ1) is 8.90. The Morgan fingerprint density at radius 2 is 2.21 bits per heavy atom. The average Bonchev–Trinajstić information content (AvgIpc) is 2.64. The van der Waals surface area contributed by atoms with Crippen LogP contribution in [0.15, 0.2) is 10.6 Å². The molecule has 0 radical (unpaired) electrons. The van der Waals surface area contributed by atoms with E-state index in [1.807, 2.05) is 0 Å². The van der Waals surface area contributed by atoms with E-state index in [2.05, 4.69) is 0 Å². The van der Waals surface area contributed by atoms with Gasteiger partial charge in [0.1, 0.15) is 11.1 Å². The molecular formula is C11H17N3O4S. The van der Waals surface area contributed by atoms with Gasteiger partial charge in [-0.05, 0) is 19.9 Å². The number of fused-ring (bicyclic) bond motifs is 1. The number of thioether (sulfide) groups is 1. The van der Waals surface area contributed by atoms with Crippen molar-refractivity contribution in [2.75, 3.05) is 6.54 Å². The Bertz CT molecular complexity index is 451. The molecule has 2 aliphatic heterocycles. The van der Waals surface area contributed by atoms with Gasteiger partial charge in [0.25, 0.3) is 0 Å². The number of hydrogen-bond donors (Lipinski definition) is 4. The van der Waals surface area contributed by atoms with Crippen LogP contribution in [0, 0.1) is 5.92 Å². The normalized spacial score (nSPS) is 29.1. The zero-order valence-corrected chi connectivity index (χ0v) is 11.3. The molecule has 2 aliphatic rings. The number of carboxylic acid groups (broad SMARTS) is 1. The van der Waals surface area contributed by atoms with Crippen molar-refractivity contribution in [1.82, 2.24) is 4.90 Å². The molecule has 0 aliphatic carbocycles. The standard InChI is InChI=1S/C11H17N3O4S/c1-4(15)6-9(16)14-7(11(17)18)8(19-10(6)14)5(13)2-3-12/h4-6,10,15H,2-3,12-13H2,1H3,(H,17,18)/t4?,5-,6+,10-/m1/s1. The molecule has 7 nitrogen and oxygen atoms in total. The van der Waals surface area contributed by atoms with Crippen molar-refractivity contribution >= 4 is 23.6 Å². The lowest BCUT2D eigenvalue weighted by atomic mass is 9.92. The lowest BCUT2D eigenvalue weighted by Gasteiger charge is -2.43. The molecule has 4 atom stereocenters. The molecule has 19 heavy (non-hydrogen) atoms. The van der Waals surface area contributed by atoms with E-state index < -0.39 is 24.0 Å². The van der Waals surface area contributed by atoms with Crippen molar-refractivity contribution in [2.24, 2.45) is 17.4 Å². The third-order valence-corrected chi connectivity index (χ3v) is 4.84. The zero-order valence-electron chi connectivity index (χ0n) is 10.4. The molecule has 0 aromatic rings. The van der Waals surface area contributed by atoms with Crippen LogP contribution in [0.1, 0.15) is 13.3 Å². The van der Waals surface area contributed by atoms with E-state index in [4.69, 9.17) is 11.5 Å². The highest BCUT2D eigenvalue weighted by atomic mass is 32.2. The number of carbonyl (C=O) groups excluding carboxylic acids is 1. The Labute approximate surface area is 114 Å². The lowest BCUT2D eigenvalue weighted by Crippen LogP contribution is -2.60. The van der Waals surface area contributed by atoms with Crippen LogP contribution in [-0.4, -0.2) is 51.1 Å². The Morgan fingerprint density at radius 1 is 1.58 bits per heavy atom. The van der Waals surface area contributed by atoms with Crippen LogP contribution < -0.4 is 11.5 Å². The summed E-state index contributed by atoms with van der Waals surface area (Å²) in [5, 5.41) is 18.5. The van der Waals surface area contributed by atoms with Gasteiger partial charge in [0.05, 0.1) is 12.0 Å². The van der Waals surface area contributed by atoms with Gasteiger partial charge in [-0.15, -0.1) is 0 Å². The molecular weight excluding hydrogens is 270 g/mol. The van der Waals surface area contributed by atoms with Crippen LogP contribution in [0.4, 0.5) is 0 Å². The molecule has 1 amide bonds. The fourth-order valence-corrected chi connectivity index (χ4v) is 4.04. The van der Waals surface area contributed by atoms with Gasteiger partial charge < -0.3 is 21.7 Å². The molecule has 8 heteroatoms. The maximum atomic E-state index is 11.9. The molecule has 0 saturated carbocycles. The van der Waals surface area contributed by atoms with Crippen LogP contribution >= 0.6 is 11.8 Å². The van der Waals surface area contributed by atoms with Crippen molar-refractivity contribution < 1.29 is 19.8 Å². The highest BCUT2D eigenvalue weighted by Gasteiger charge is 2.58. The van der Waals surface area contributed by atoms with E-state index in [9.17, 15) is 19.8 Å². The number of hydrogen-bond acceptors (Lipinski definition) is 6. The first-order valence-corrected chi connectivity index (χ1v) is 6.89. The number of aliphatic hydroxyl groups is 1. The number of β-lactam (4-membered cyclic amide) rings is 1. The Hall–Kier alpha value is -1.09. The monoisotopic (exact) mass is 287 g/mol. The second-order valence-electron chi connectivity index (χ2n) is 4.68. The predicted octanol–water partition coefficient (Wildman–Crippen LogP) is -1.13. The van der Waals surface area contributed by atoms with Crippen molar-refractivity contribution in [3.05, 3.63) is 10.6 Å². The highest BCUT2D eigenvalue weighted by molar-refractivity contribution is 8.04. The molecule has 1 unspecified atom stereocenters. The second-order valence-corrected chi connectivity index (χ2v) is 5.84. The van der Waals surface area contributed by atoms with Crippen LogP contribution in [0.25, 0.3) is 0 Å². The van der Waals surface area contributed by atoms with E-state index in [0.29, 0.717) is 17.9 Å². The first kappa shape index (κ1) is 14.3. The van der Waals surface area contributed by atoms with Crippen molar-refractivity contribution in [3.8, 4) is 0 Å². The van der Waals surface area contributed by atoms with Gasteiger partial charge in [0, 0.05) is 10.9 Å². The van der Waals surface area contributed by atoms with Gasteiger partial charge in [0.15, 0.2) is 0 Å². The number of nitrogens with two attached hydrogens (primary N) is 2. The summed E-state index contributed by atoms with van der Waals surface area (Å²) in [6.45, 7) is 1.87. The number of aliphatic hydroxyl groups excluding tert-OH is 1. The van der Waals surface area contributed by atoms with Gasteiger partial charge >= 0.3 is 5.97 Å². The van der Waals surface area contributed by atoms with Gasteiger partial charge in [-0.25, -0.2) is 4.79 Å². The Kier molecular flexibility index (Phi) is 3.86. The van der Waals surface area contributed by atoms with Gasteiger partial charge in [-0.3, -0.25) is 9.69 Å². The minimum atomic E-state index is -1.17. The smallest absolute Gasteiger partial charge is 0.353 e. The summed E-state index contributed by atoms with van der Waals surface area (Å²) >= 11 is 1.25. The molecule has 1 fully saturated rings. The fourth-order valence-electron chi connectivity index (χ4n) is 2.38. The number of rotatable bonds is 5. The maximum absolute atomic E-state index is 11.9. The van der Waals surface area contributed by atoms with Crippen LogP contribution in [0.2, 0.25) is 0 Å². The summed E-state index contributed by atoms with van der Waals surface area (Å²) in [6.07, 6.45) is -0.353. The van der Waals surface area contributed by atoms with E-state index in [-0.39, 0.29) is 17.0 Å². The SMILES string of the molecule is CC(O)[C@H]1C(=O)N2C(C(=O)O)=C([C@H](N)CCN)S[C@H]12. The number of amides is 1. The molecule has 0 aromatic carbocycles. The summed E-state index contributed by atoms with van der Waals surface area (Å²) in [5.41, 5.74) is 11.3. The fraction of sp³-hybridized carbons (Fsp3) is 0.636. The largest absolute Gasteiger partial charge is 0.477 e. The van der Waals surface area contributed by atoms with Crippen molar-refractivity contribution in [1.29, 1.82) is 0 Å². The summed E-state index contributed by atoms with van der Waals surface area (Å²) in [4.78, 5) is 24.9. The second kappa shape index (κ2) is 5.12. The molecule has 1 saturated heterocycles. The van der Waals surface area contributed by atoms with Gasteiger partial charge in [-0.1, -0.05) is 11.8 Å². The summed E-state index contributed by atoms with van der Waals surface area (Å²) in [6, 6.07) is -0.492. The molecule has 106 valence electrons. The molecule has 2 rings (SSSR count). The highest BCUT2D eigenvalue weighted by Crippen LogP contribution is 2.51. The quantitative estimate of drug-likeness (QED) is 0.471. The third-order valence-electron chi connectivity index (χ3n) is 3.34. The Balaban J connectivity index is 2.29. The Morgan fingerprint density at radius 3 is 2.68 bits per heavy atom. The minimum Gasteiger partial charge on any atom is -0.477 e. The first-order valence-electron chi connectivity index (χ1n) is 6.01. The average molecular weight is 287 g/mol. The predicted molar refractivity (Wildman–Crippen MR) is 69.7 cm³/mol. The number of aliphatic carboxylic acids is 1. The van der Waals surface area contributed by atoms with Crippen LogP contribution in [-0.2, 0) is 9.59 Å². The number of carbonyl (C=O) groups is 2. The zero-order chi connectivity index (χ0) is 14.3. The topological polar surface area (TPSA) is 130 Å². The van der Waals surface area contributed by atoms with E-state index in [0.717, 1.165) is 0 Å². The summed E-state index contributed by atoms with van der Waals surface area (Å²) < 4.78 is 0. The lowest BCUT2D eigenvalue weighted by molar-refractivity contribution is -0.156. The molecule has 6 N–H and O–H groups in total. The van der Waals surface area contributed by atoms with Crippen LogP contribution in [0.3, 0.4) is 0 Å². The molecule has 0 aromatic heterocycles. The van der Waals surface area contributed by atoms with Crippen LogP contribution in [0.5, 0.6) is 0 Å². The molecule has 2 heterocycles. The molecule has 0 spiro atoms. The molecule has 0 bridgehead atoms. The van der Waals surface area contributed by atoms with Crippen molar-refractivity contribution in [3.63, 3.8) is 0 Å². The van der Waals surface area contributed by atoms with E-state index in [1.165, 1.54) is 23.6 Å². The van der Waals surface area contributed by atoms with E-state index in [1.54, 1.807) is 0 Å². The maximum Gasteiger partial charge on any atom is 0.353 e. The van der Waals surface area contributed by atoms with Crippen molar-refractivity contribution in [2.45, 2.75) is 30.9 Å². The van der Waals surface area contributed by atoms with Gasteiger partial charge in [0.2, 0.25) is 5.91 Å². The third kappa shape index (κ3) is 2.14. The van der Waals surface area contributed by atoms with Gasteiger partial charge in [-0.2, -0.15) is 0 Å². The number of carboxylic acids is 1. The van der Waals surface area contributed by atoms with E-state index >= 15 is 0 Å².